The van der Waals surface area contributed by atoms with E-state index in [0.29, 0.717) is 0 Å². The summed E-state index contributed by atoms with van der Waals surface area (Å²) in [6.45, 7) is 8.99. The normalized spacial score (nSPS) is 10.9. The van der Waals surface area contributed by atoms with Crippen LogP contribution in [0.1, 0.15) is 6.92 Å². The molecule has 0 heterocycles. The van der Waals surface area contributed by atoms with E-state index in [-0.39, 0.29) is 0 Å². The van der Waals surface area contributed by atoms with Crippen LogP contribution in [-0.2, 0) is 0 Å². The first kappa shape index (κ1) is 6.28. The number of allylic oxidation sites excluding steroid dienone is 1. The molecule has 0 aromatic carbocycles. The van der Waals surface area contributed by atoms with Gasteiger partial charge in [0.25, 0.3) is 0 Å². The van der Waals surface area contributed by atoms with E-state index in [9.17, 15) is 0 Å². The largest absolute Gasteiger partial charge is 0.368 e. The number of nitrogens with one attached hydrogen (secondary N) is 1. The van der Waals surface area contributed by atoms with E-state index in [0.717, 1.165) is 5.57 Å². The summed E-state index contributed by atoms with van der Waals surface area (Å²) in [6, 6.07) is 0. The summed E-state index contributed by atoms with van der Waals surface area (Å²) in [5, 5.41) is 2.79. The van der Waals surface area contributed by atoms with Crippen LogP contribution in [0.5, 0.6) is 0 Å². The zero-order valence-electron chi connectivity index (χ0n) is 4.57. The quantitative estimate of drug-likeness (QED) is 0.548. The SMILES string of the molecule is [CH2]/C(C)=C\NC=C. The molecule has 0 amide bonds. The van der Waals surface area contributed by atoms with Crippen molar-refractivity contribution in [1.82, 2.24) is 5.32 Å². The first-order valence-corrected chi connectivity index (χ1v) is 2.13. The molecule has 1 N–H and O–H groups in total. The van der Waals surface area contributed by atoms with E-state index in [1.165, 1.54) is 0 Å². The summed E-state index contributed by atoms with van der Waals surface area (Å²) in [6.07, 6.45) is 3.39. The Bertz CT molecular complexity index is 78.2. The highest BCUT2D eigenvalue weighted by atomic mass is 14.8. The van der Waals surface area contributed by atoms with Crippen molar-refractivity contribution in [2.24, 2.45) is 0 Å². The molecule has 0 saturated heterocycles. The van der Waals surface area contributed by atoms with Gasteiger partial charge in [-0.2, -0.15) is 0 Å². The van der Waals surface area contributed by atoms with Crippen molar-refractivity contribution in [3.63, 3.8) is 0 Å². The van der Waals surface area contributed by atoms with E-state index in [1.54, 1.807) is 12.4 Å². The molecular formula is C6H10N. The Labute approximate surface area is 44.7 Å². The molecule has 0 bridgehead atoms. The Morgan fingerprint density at radius 1 is 1.71 bits per heavy atom. The molecule has 0 spiro atoms. The second-order valence-corrected chi connectivity index (χ2v) is 1.36. The fourth-order valence-electron chi connectivity index (χ4n) is 0.201. The van der Waals surface area contributed by atoms with Gasteiger partial charge in [-0.15, -0.1) is 0 Å². The van der Waals surface area contributed by atoms with E-state index >= 15 is 0 Å². The van der Waals surface area contributed by atoms with E-state index in [4.69, 9.17) is 0 Å². The third-order valence-corrected chi connectivity index (χ3v) is 0.448. The first-order chi connectivity index (χ1) is 3.27. The van der Waals surface area contributed by atoms with Gasteiger partial charge in [-0.3, -0.25) is 0 Å². The van der Waals surface area contributed by atoms with Crippen LogP contribution < -0.4 is 5.32 Å². The average molecular weight is 96.2 g/mol. The second-order valence-electron chi connectivity index (χ2n) is 1.36. The Morgan fingerprint density at radius 2 is 2.29 bits per heavy atom. The highest BCUT2D eigenvalue weighted by molar-refractivity contribution is 5.00. The molecule has 1 nitrogen and oxygen atoms in total. The zero-order chi connectivity index (χ0) is 5.70. The predicted molar refractivity (Wildman–Crippen MR) is 32.4 cm³/mol. The maximum atomic E-state index is 3.63. The fourth-order valence-corrected chi connectivity index (χ4v) is 0.201. The maximum Gasteiger partial charge on any atom is -0.000653 e. The molecule has 0 aliphatic rings. The molecule has 0 aliphatic heterocycles. The van der Waals surface area contributed by atoms with Crippen molar-refractivity contribution < 1.29 is 0 Å². The third-order valence-electron chi connectivity index (χ3n) is 0.448. The molecule has 1 heteroatoms. The Hall–Kier alpha value is -0.720. The van der Waals surface area contributed by atoms with Crippen molar-refractivity contribution in [2.45, 2.75) is 6.92 Å². The van der Waals surface area contributed by atoms with Crippen molar-refractivity contribution >= 4 is 0 Å². The lowest BCUT2D eigenvalue weighted by Gasteiger charge is -1.86. The molecule has 0 unspecified atom stereocenters. The van der Waals surface area contributed by atoms with Crippen molar-refractivity contribution in [1.29, 1.82) is 0 Å². The van der Waals surface area contributed by atoms with Crippen LogP contribution in [0.15, 0.2) is 24.6 Å². The third kappa shape index (κ3) is 5.28. The minimum Gasteiger partial charge on any atom is -0.368 e. The molecule has 0 aromatic heterocycles. The number of hydrogen-bond donors (Lipinski definition) is 1. The van der Waals surface area contributed by atoms with Gasteiger partial charge in [0.1, 0.15) is 0 Å². The number of rotatable bonds is 2. The summed E-state index contributed by atoms with van der Waals surface area (Å²) >= 11 is 0. The summed E-state index contributed by atoms with van der Waals surface area (Å²) in [5.74, 6) is 0. The van der Waals surface area contributed by atoms with Gasteiger partial charge in [-0.05, 0) is 26.2 Å². The molecule has 39 valence electrons. The van der Waals surface area contributed by atoms with Crippen LogP contribution >= 0.6 is 0 Å². The van der Waals surface area contributed by atoms with Crippen molar-refractivity contribution in [3.8, 4) is 0 Å². The topological polar surface area (TPSA) is 12.0 Å². The number of hydrogen-bond acceptors (Lipinski definition) is 1. The van der Waals surface area contributed by atoms with Crippen LogP contribution in [0.2, 0.25) is 0 Å². The van der Waals surface area contributed by atoms with Crippen LogP contribution in [-0.4, -0.2) is 0 Å². The van der Waals surface area contributed by atoms with Gasteiger partial charge < -0.3 is 5.32 Å². The second kappa shape index (κ2) is 3.47. The Kier molecular flexibility index (Phi) is 3.11. The van der Waals surface area contributed by atoms with Gasteiger partial charge in [0, 0.05) is 0 Å². The first-order valence-electron chi connectivity index (χ1n) is 2.13. The van der Waals surface area contributed by atoms with Gasteiger partial charge in [-0.25, -0.2) is 0 Å². The molecule has 7 heavy (non-hydrogen) atoms. The van der Waals surface area contributed by atoms with Gasteiger partial charge in [0.2, 0.25) is 0 Å². The standard InChI is InChI=1S/C6H10N/c1-4-7-5-6(2)3/h4-5,7H,1-2H2,3H3/b6-5+. The van der Waals surface area contributed by atoms with E-state index < -0.39 is 0 Å². The fraction of sp³-hybridized carbons (Fsp3) is 0.167. The molecule has 0 aromatic rings. The summed E-state index contributed by atoms with van der Waals surface area (Å²) < 4.78 is 0. The lowest BCUT2D eigenvalue weighted by atomic mass is 10.4. The predicted octanol–water partition coefficient (Wildman–Crippen LogP) is 1.46. The summed E-state index contributed by atoms with van der Waals surface area (Å²) in [4.78, 5) is 0. The Morgan fingerprint density at radius 3 is 2.43 bits per heavy atom. The smallest absolute Gasteiger partial charge is 0.000653 e. The van der Waals surface area contributed by atoms with Crippen molar-refractivity contribution in [3.05, 3.63) is 31.5 Å². The lowest BCUT2D eigenvalue weighted by Crippen LogP contribution is -1.90. The highest BCUT2D eigenvalue weighted by Crippen LogP contribution is 1.80. The van der Waals surface area contributed by atoms with Crippen molar-refractivity contribution in [2.75, 3.05) is 0 Å². The van der Waals surface area contributed by atoms with E-state index in [1.807, 2.05) is 6.92 Å². The molecule has 0 rings (SSSR count). The highest BCUT2D eigenvalue weighted by Gasteiger charge is 1.67. The molecule has 1 radical (unpaired) electrons. The average Bonchev–Trinajstić information content (AvgIpc) is 1.61. The molecule has 0 saturated carbocycles. The van der Waals surface area contributed by atoms with Gasteiger partial charge >= 0.3 is 0 Å². The van der Waals surface area contributed by atoms with Gasteiger partial charge in [0.15, 0.2) is 0 Å². The van der Waals surface area contributed by atoms with Crippen LogP contribution in [0, 0.1) is 6.92 Å². The van der Waals surface area contributed by atoms with Crippen LogP contribution in [0.4, 0.5) is 0 Å². The zero-order valence-corrected chi connectivity index (χ0v) is 4.57. The van der Waals surface area contributed by atoms with Gasteiger partial charge in [-0.1, -0.05) is 12.2 Å². The van der Waals surface area contributed by atoms with Crippen LogP contribution in [0.25, 0.3) is 0 Å². The monoisotopic (exact) mass is 96.1 g/mol. The van der Waals surface area contributed by atoms with Crippen LogP contribution in [0.3, 0.4) is 0 Å². The van der Waals surface area contributed by atoms with Gasteiger partial charge in [0.05, 0.1) is 0 Å². The minimum absolute atomic E-state index is 1.000. The minimum atomic E-state index is 1.000. The molecule has 0 aliphatic carbocycles. The van der Waals surface area contributed by atoms with E-state index in [2.05, 4.69) is 18.8 Å². The summed E-state index contributed by atoms with van der Waals surface area (Å²) in [7, 11) is 0. The molecular weight excluding hydrogens is 86.1 g/mol. The lowest BCUT2D eigenvalue weighted by molar-refractivity contribution is 1.17. The Balaban J connectivity index is 3.25. The maximum absolute atomic E-state index is 3.63. The molecule has 0 fully saturated rings. The summed E-state index contributed by atoms with van der Waals surface area (Å²) in [5.41, 5.74) is 1.000. The molecule has 0 atom stereocenters.